The van der Waals surface area contributed by atoms with E-state index < -0.39 is 11.9 Å². The highest BCUT2D eigenvalue weighted by Gasteiger charge is 2.17. The van der Waals surface area contributed by atoms with Crippen molar-refractivity contribution in [2.75, 3.05) is 13.2 Å². The number of para-hydroxylation sites is 1. The minimum atomic E-state index is -0.566. The van der Waals surface area contributed by atoms with Crippen molar-refractivity contribution in [3.05, 3.63) is 59.7 Å². The minimum absolute atomic E-state index is 0.165. The molecular formula is C18H18O5. The van der Waals surface area contributed by atoms with E-state index in [9.17, 15) is 9.59 Å². The molecule has 0 spiro atoms. The topological polar surface area (TPSA) is 61.8 Å². The fraction of sp³-hybridized carbons (Fsp3) is 0.222. The van der Waals surface area contributed by atoms with Gasteiger partial charge in [-0.3, -0.25) is 0 Å². The van der Waals surface area contributed by atoms with E-state index in [1.807, 2.05) is 6.92 Å². The second-order valence-corrected chi connectivity index (χ2v) is 4.57. The van der Waals surface area contributed by atoms with Crippen molar-refractivity contribution in [3.8, 4) is 11.5 Å². The lowest BCUT2D eigenvalue weighted by Crippen LogP contribution is -2.13. The molecule has 0 amide bonds. The summed E-state index contributed by atoms with van der Waals surface area (Å²) in [5.41, 5.74) is 0.554. The average molecular weight is 314 g/mol. The molecule has 0 bridgehead atoms. The van der Waals surface area contributed by atoms with Crippen LogP contribution in [0.1, 0.15) is 34.6 Å². The van der Waals surface area contributed by atoms with Gasteiger partial charge in [0.25, 0.3) is 0 Å². The van der Waals surface area contributed by atoms with Gasteiger partial charge in [-0.2, -0.15) is 0 Å². The second-order valence-electron chi connectivity index (χ2n) is 4.57. The molecule has 0 atom stereocenters. The van der Waals surface area contributed by atoms with Crippen LogP contribution in [0.25, 0.3) is 0 Å². The van der Waals surface area contributed by atoms with Crippen LogP contribution in [0.15, 0.2) is 48.5 Å². The van der Waals surface area contributed by atoms with Crippen LogP contribution in [0, 0.1) is 0 Å². The number of carbonyl (C=O) groups excluding carboxylic acids is 2. The third-order valence-corrected chi connectivity index (χ3v) is 2.97. The van der Waals surface area contributed by atoms with Gasteiger partial charge in [0.05, 0.1) is 18.8 Å². The van der Waals surface area contributed by atoms with Crippen LogP contribution in [0.2, 0.25) is 0 Å². The first-order valence-corrected chi connectivity index (χ1v) is 7.37. The van der Waals surface area contributed by atoms with Crippen molar-refractivity contribution in [1.82, 2.24) is 0 Å². The van der Waals surface area contributed by atoms with Gasteiger partial charge in [0, 0.05) is 0 Å². The second kappa shape index (κ2) is 7.98. The normalized spacial score (nSPS) is 10.0. The van der Waals surface area contributed by atoms with Gasteiger partial charge < -0.3 is 14.2 Å². The van der Waals surface area contributed by atoms with Crippen molar-refractivity contribution in [2.24, 2.45) is 0 Å². The number of rotatable bonds is 6. The highest BCUT2D eigenvalue weighted by atomic mass is 16.5. The SMILES string of the molecule is CCOC(=O)c1ccccc1OC(=O)c1cccc(OCC)c1. The van der Waals surface area contributed by atoms with Crippen molar-refractivity contribution in [3.63, 3.8) is 0 Å². The van der Waals surface area contributed by atoms with Crippen molar-refractivity contribution in [1.29, 1.82) is 0 Å². The maximum Gasteiger partial charge on any atom is 0.343 e. The number of hydrogen-bond acceptors (Lipinski definition) is 5. The molecule has 0 aliphatic carbocycles. The Hall–Kier alpha value is -2.82. The molecule has 0 aliphatic rings. The maximum absolute atomic E-state index is 12.3. The molecule has 0 saturated heterocycles. The zero-order valence-corrected chi connectivity index (χ0v) is 13.1. The Bertz CT molecular complexity index is 693. The van der Waals surface area contributed by atoms with Crippen molar-refractivity contribution in [2.45, 2.75) is 13.8 Å². The fourth-order valence-electron chi connectivity index (χ4n) is 1.97. The van der Waals surface area contributed by atoms with Gasteiger partial charge in [-0.25, -0.2) is 9.59 Å². The molecule has 0 heterocycles. The standard InChI is InChI=1S/C18H18O5/c1-3-21-14-9-7-8-13(12-14)17(19)23-16-11-6-5-10-15(16)18(20)22-4-2/h5-12H,3-4H2,1-2H3. The molecule has 120 valence electrons. The molecule has 2 aromatic rings. The van der Waals surface area contributed by atoms with Crippen LogP contribution < -0.4 is 9.47 Å². The van der Waals surface area contributed by atoms with Crippen LogP contribution in [-0.2, 0) is 4.74 Å². The van der Waals surface area contributed by atoms with Crippen LogP contribution in [-0.4, -0.2) is 25.2 Å². The summed E-state index contributed by atoms with van der Waals surface area (Å²) in [6, 6.07) is 13.2. The molecule has 0 N–H and O–H groups in total. The molecule has 23 heavy (non-hydrogen) atoms. The summed E-state index contributed by atoms with van der Waals surface area (Å²) >= 11 is 0. The fourth-order valence-corrected chi connectivity index (χ4v) is 1.97. The van der Waals surface area contributed by atoms with E-state index in [4.69, 9.17) is 14.2 Å². The van der Waals surface area contributed by atoms with E-state index in [2.05, 4.69) is 0 Å². The third-order valence-electron chi connectivity index (χ3n) is 2.97. The highest BCUT2D eigenvalue weighted by Crippen LogP contribution is 2.21. The van der Waals surface area contributed by atoms with Gasteiger partial charge in [-0.15, -0.1) is 0 Å². The summed E-state index contributed by atoms with van der Waals surface area (Å²) in [5.74, 6) is -0.347. The zero-order valence-electron chi connectivity index (χ0n) is 13.1. The van der Waals surface area contributed by atoms with Gasteiger partial charge in [0.2, 0.25) is 0 Å². The van der Waals surface area contributed by atoms with Crippen LogP contribution >= 0.6 is 0 Å². The summed E-state index contributed by atoms with van der Waals surface area (Å²) in [5, 5.41) is 0. The largest absolute Gasteiger partial charge is 0.494 e. The monoisotopic (exact) mass is 314 g/mol. The van der Waals surface area contributed by atoms with Gasteiger partial charge in [-0.1, -0.05) is 18.2 Å². The van der Waals surface area contributed by atoms with Crippen molar-refractivity contribution >= 4 is 11.9 Å². The van der Waals surface area contributed by atoms with E-state index in [0.29, 0.717) is 17.9 Å². The molecule has 0 saturated carbocycles. The number of esters is 2. The summed E-state index contributed by atoms with van der Waals surface area (Å²) in [7, 11) is 0. The average Bonchev–Trinajstić information content (AvgIpc) is 2.56. The Morgan fingerprint density at radius 1 is 0.913 bits per heavy atom. The third kappa shape index (κ3) is 4.32. The quantitative estimate of drug-likeness (QED) is 0.603. The zero-order chi connectivity index (χ0) is 16.7. The molecule has 0 unspecified atom stereocenters. The molecule has 0 aromatic heterocycles. The molecule has 2 rings (SSSR count). The molecule has 5 heteroatoms. The van der Waals surface area contributed by atoms with Crippen LogP contribution in [0.5, 0.6) is 11.5 Å². The van der Waals surface area contributed by atoms with E-state index in [-0.39, 0.29) is 17.9 Å². The highest BCUT2D eigenvalue weighted by molar-refractivity contribution is 5.96. The predicted octanol–water partition coefficient (Wildman–Crippen LogP) is 3.48. The lowest BCUT2D eigenvalue weighted by molar-refractivity contribution is 0.0520. The van der Waals surface area contributed by atoms with E-state index in [0.717, 1.165) is 0 Å². The Morgan fingerprint density at radius 2 is 1.70 bits per heavy atom. The number of benzene rings is 2. The van der Waals surface area contributed by atoms with Gasteiger partial charge in [0.15, 0.2) is 0 Å². The Kier molecular flexibility index (Phi) is 5.74. The number of carbonyl (C=O) groups is 2. The van der Waals surface area contributed by atoms with Crippen LogP contribution in [0.3, 0.4) is 0 Å². The number of ether oxygens (including phenoxy) is 3. The van der Waals surface area contributed by atoms with Crippen LogP contribution in [0.4, 0.5) is 0 Å². The van der Waals surface area contributed by atoms with E-state index in [1.54, 1.807) is 55.5 Å². The Balaban J connectivity index is 2.20. The van der Waals surface area contributed by atoms with Gasteiger partial charge in [0.1, 0.15) is 17.1 Å². The molecule has 0 radical (unpaired) electrons. The molecule has 5 nitrogen and oxygen atoms in total. The van der Waals surface area contributed by atoms with Crippen molar-refractivity contribution < 1.29 is 23.8 Å². The summed E-state index contributed by atoms with van der Waals surface area (Å²) < 4.78 is 15.7. The first kappa shape index (κ1) is 16.5. The van der Waals surface area contributed by atoms with Gasteiger partial charge in [-0.05, 0) is 44.2 Å². The molecular weight excluding hydrogens is 296 g/mol. The Labute approximate surface area is 134 Å². The van der Waals surface area contributed by atoms with E-state index >= 15 is 0 Å². The summed E-state index contributed by atoms with van der Waals surface area (Å²) in [6.07, 6.45) is 0. The first-order chi connectivity index (χ1) is 11.2. The predicted molar refractivity (Wildman–Crippen MR) is 85.0 cm³/mol. The summed E-state index contributed by atoms with van der Waals surface area (Å²) in [4.78, 5) is 24.2. The first-order valence-electron chi connectivity index (χ1n) is 7.37. The Morgan fingerprint density at radius 3 is 2.43 bits per heavy atom. The van der Waals surface area contributed by atoms with E-state index in [1.165, 1.54) is 0 Å². The van der Waals surface area contributed by atoms with Gasteiger partial charge >= 0.3 is 11.9 Å². The maximum atomic E-state index is 12.3. The lowest BCUT2D eigenvalue weighted by Gasteiger charge is -2.10. The summed E-state index contributed by atoms with van der Waals surface area (Å²) in [6.45, 7) is 4.33. The lowest BCUT2D eigenvalue weighted by atomic mass is 10.2. The number of hydrogen-bond donors (Lipinski definition) is 0. The molecule has 0 aliphatic heterocycles. The molecule has 0 fully saturated rings. The molecule has 2 aromatic carbocycles. The smallest absolute Gasteiger partial charge is 0.343 e. The minimum Gasteiger partial charge on any atom is -0.494 e.